The topological polar surface area (TPSA) is 55.4 Å². The molecule has 0 bridgehead atoms. The van der Waals surface area contributed by atoms with Crippen molar-refractivity contribution in [1.82, 2.24) is 0 Å². The molecule has 152 valence electrons. The van der Waals surface area contributed by atoms with Gasteiger partial charge in [-0.05, 0) is 11.1 Å². The van der Waals surface area contributed by atoms with Crippen LogP contribution in [-0.4, -0.2) is 60.3 Å². The zero-order valence-electron chi connectivity index (χ0n) is 17.2. The summed E-state index contributed by atoms with van der Waals surface area (Å²) in [5.74, 6) is 0. The van der Waals surface area contributed by atoms with E-state index in [2.05, 4.69) is 0 Å². The molecule has 0 spiro atoms. The minimum atomic E-state index is -2.79. The van der Waals surface area contributed by atoms with Crippen molar-refractivity contribution in [2.45, 2.75) is 0 Å². The second-order valence-corrected chi connectivity index (χ2v) is 11.7. The Bertz CT molecular complexity index is 671. The van der Waals surface area contributed by atoms with Crippen LogP contribution in [0.3, 0.4) is 0 Å². The molecule has 0 aliphatic carbocycles. The Morgan fingerprint density at radius 1 is 0.464 bits per heavy atom. The first-order chi connectivity index (χ1) is 13.5. The van der Waals surface area contributed by atoms with Crippen molar-refractivity contribution in [3.05, 3.63) is 59.7 Å². The second kappa shape index (κ2) is 10.2. The quantitative estimate of drug-likeness (QED) is 0.433. The Kier molecular flexibility index (Phi) is 8.28. The molecule has 0 radical (unpaired) electrons. The van der Waals surface area contributed by atoms with E-state index in [9.17, 15) is 0 Å². The monoisotopic (exact) mass is 420 g/mol. The highest BCUT2D eigenvalue weighted by Gasteiger charge is 2.41. The summed E-state index contributed by atoms with van der Waals surface area (Å²) in [6.07, 6.45) is 4.09. The third-order valence-electron chi connectivity index (χ3n) is 4.61. The van der Waals surface area contributed by atoms with E-state index in [0.717, 1.165) is 21.5 Å². The van der Waals surface area contributed by atoms with Crippen molar-refractivity contribution < 1.29 is 26.6 Å². The van der Waals surface area contributed by atoms with Gasteiger partial charge in [-0.15, -0.1) is 0 Å². The predicted molar refractivity (Wildman–Crippen MR) is 115 cm³/mol. The third-order valence-corrected chi connectivity index (χ3v) is 9.91. The van der Waals surface area contributed by atoms with Gasteiger partial charge < -0.3 is 26.6 Å². The van der Waals surface area contributed by atoms with E-state index in [4.69, 9.17) is 26.6 Å². The van der Waals surface area contributed by atoms with E-state index in [0.29, 0.717) is 0 Å². The summed E-state index contributed by atoms with van der Waals surface area (Å²) in [4.78, 5) is 0. The van der Waals surface area contributed by atoms with Crippen molar-refractivity contribution in [1.29, 1.82) is 0 Å². The van der Waals surface area contributed by atoms with Crippen LogP contribution in [0.15, 0.2) is 48.5 Å². The van der Waals surface area contributed by atoms with Gasteiger partial charge in [0.1, 0.15) is 0 Å². The number of hydrogen-bond donors (Lipinski definition) is 0. The fraction of sp³-hybridized carbons (Fsp3) is 0.300. The van der Waals surface area contributed by atoms with Crippen LogP contribution in [0.5, 0.6) is 0 Å². The molecule has 0 amide bonds. The first kappa shape index (κ1) is 22.7. The molecule has 8 heteroatoms. The molecule has 0 atom stereocenters. The minimum Gasteiger partial charge on any atom is -0.373 e. The molecule has 2 aromatic rings. The lowest BCUT2D eigenvalue weighted by molar-refractivity contribution is 0.140. The molecule has 0 aromatic heterocycles. The highest BCUT2D eigenvalue weighted by molar-refractivity contribution is 6.75. The van der Waals surface area contributed by atoms with E-state index in [1.807, 2.05) is 60.7 Å². The summed E-state index contributed by atoms with van der Waals surface area (Å²) < 4.78 is 33.0. The van der Waals surface area contributed by atoms with E-state index in [-0.39, 0.29) is 0 Å². The molecule has 0 heterocycles. The summed E-state index contributed by atoms with van der Waals surface area (Å²) in [6, 6.07) is 15.9. The van der Waals surface area contributed by atoms with Gasteiger partial charge in [-0.2, -0.15) is 0 Å². The normalized spacial score (nSPS) is 12.6. The van der Waals surface area contributed by atoms with Gasteiger partial charge in [-0.1, -0.05) is 60.7 Å². The molecule has 0 unspecified atom stereocenters. The van der Waals surface area contributed by atoms with Gasteiger partial charge in [-0.25, -0.2) is 0 Å². The molecule has 0 N–H and O–H groups in total. The van der Waals surface area contributed by atoms with E-state index in [1.54, 1.807) is 42.7 Å². The average Bonchev–Trinajstić information content (AvgIpc) is 2.77. The van der Waals surface area contributed by atoms with E-state index >= 15 is 0 Å². The maximum absolute atomic E-state index is 5.51. The van der Waals surface area contributed by atoms with Crippen molar-refractivity contribution in [3.63, 3.8) is 0 Å². The van der Waals surface area contributed by atoms with Crippen LogP contribution >= 0.6 is 0 Å². The summed E-state index contributed by atoms with van der Waals surface area (Å²) in [5, 5.41) is 1.84. The van der Waals surface area contributed by atoms with Gasteiger partial charge in [0.05, 0.1) is 0 Å². The Balaban J connectivity index is 2.16. The van der Waals surface area contributed by atoms with Crippen LogP contribution in [0.2, 0.25) is 0 Å². The van der Waals surface area contributed by atoms with Gasteiger partial charge in [0.15, 0.2) is 0 Å². The largest absolute Gasteiger partial charge is 0.536 e. The Hall–Kier alpha value is -1.63. The van der Waals surface area contributed by atoms with Gasteiger partial charge in [0.25, 0.3) is 0 Å². The van der Waals surface area contributed by atoms with Gasteiger partial charge in [0.2, 0.25) is 0 Å². The van der Waals surface area contributed by atoms with E-state index < -0.39 is 17.6 Å². The molecule has 0 aliphatic rings. The van der Waals surface area contributed by atoms with Crippen LogP contribution in [0.25, 0.3) is 12.2 Å². The average molecular weight is 421 g/mol. The standard InChI is InChI=1S/C20H28O6Si2/c1-21-27(22-2,23-3)19-13-9-17(10-14-19)7-8-18-11-15-20(16-12-18)28(24-4,25-5)26-6/h7-16H,1-6H3/b8-7+. The highest BCUT2D eigenvalue weighted by Crippen LogP contribution is 2.12. The molecule has 0 saturated heterocycles. The number of benzene rings is 2. The molecule has 28 heavy (non-hydrogen) atoms. The van der Waals surface area contributed by atoms with Crippen LogP contribution in [0.4, 0.5) is 0 Å². The van der Waals surface area contributed by atoms with Crippen LogP contribution in [-0.2, 0) is 26.6 Å². The Morgan fingerprint density at radius 3 is 0.929 bits per heavy atom. The fourth-order valence-electron chi connectivity index (χ4n) is 3.00. The lowest BCUT2D eigenvalue weighted by Crippen LogP contribution is -2.54. The lowest BCUT2D eigenvalue weighted by atomic mass is 10.1. The minimum absolute atomic E-state index is 0.918. The van der Waals surface area contributed by atoms with Crippen LogP contribution < -0.4 is 10.4 Å². The maximum Gasteiger partial charge on any atom is 0.536 e. The van der Waals surface area contributed by atoms with Crippen molar-refractivity contribution in [2.75, 3.05) is 42.7 Å². The SMILES string of the molecule is CO[Si](OC)(OC)c1ccc(/C=C/c2ccc([Si](OC)(OC)OC)cc2)cc1. The predicted octanol–water partition coefficient (Wildman–Crippen LogP) is 2.03. The number of hydrogen-bond acceptors (Lipinski definition) is 6. The molecule has 0 saturated carbocycles. The number of rotatable bonds is 10. The summed E-state index contributed by atoms with van der Waals surface area (Å²) >= 11 is 0. The van der Waals surface area contributed by atoms with E-state index in [1.165, 1.54) is 0 Å². The fourth-order valence-corrected chi connectivity index (χ4v) is 6.56. The lowest BCUT2D eigenvalue weighted by Gasteiger charge is -2.24. The summed E-state index contributed by atoms with van der Waals surface area (Å²) in [5.41, 5.74) is 2.13. The van der Waals surface area contributed by atoms with Gasteiger partial charge in [-0.3, -0.25) is 0 Å². The van der Waals surface area contributed by atoms with Crippen molar-refractivity contribution in [3.8, 4) is 0 Å². The second-order valence-electron chi connectivity index (χ2n) is 5.91. The molecule has 2 aromatic carbocycles. The van der Waals surface area contributed by atoms with Crippen molar-refractivity contribution in [2.24, 2.45) is 0 Å². The molecule has 2 rings (SSSR count). The molecule has 6 nitrogen and oxygen atoms in total. The zero-order valence-corrected chi connectivity index (χ0v) is 19.2. The third kappa shape index (κ3) is 4.67. The van der Waals surface area contributed by atoms with Crippen LogP contribution in [0.1, 0.15) is 11.1 Å². The van der Waals surface area contributed by atoms with Crippen molar-refractivity contribution >= 4 is 40.1 Å². The first-order valence-corrected chi connectivity index (χ1v) is 12.2. The maximum atomic E-state index is 5.51. The Morgan fingerprint density at radius 2 is 0.714 bits per heavy atom. The molecule has 0 fully saturated rings. The van der Waals surface area contributed by atoms with Gasteiger partial charge in [0, 0.05) is 53.0 Å². The molecule has 0 aliphatic heterocycles. The van der Waals surface area contributed by atoms with Crippen LogP contribution in [0, 0.1) is 0 Å². The first-order valence-electron chi connectivity index (χ1n) is 8.73. The smallest absolute Gasteiger partial charge is 0.373 e. The van der Waals surface area contributed by atoms with Gasteiger partial charge >= 0.3 is 17.6 Å². The summed E-state index contributed by atoms with van der Waals surface area (Å²) in [7, 11) is 4.02. The summed E-state index contributed by atoms with van der Waals surface area (Å²) in [6.45, 7) is 0. The zero-order chi connectivity index (χ0) is 20.6. The molecular formula is C20H28O6Si2. The molecular weight excluding hydrogens is 392 g/mol. The Labute approximate surface area is 169 Å². The highest BCUT2D eigenvalue weighted by atomic mass is 28.4.